The van der Waals surface area contributed by atoms with Crippen molar-refractivity contribution in [3.63, 3.8) is 0 Å². The molecule has 5 heteroatoms. The second-order valence-electron chi connectivity index (χ2n) is 3.36. The molecular formula is C10H13N3S2. The van der Waals surface area contributed by atoms with Crippen LogP contribution in [0.15, 0.2) is 17.1 Å². The van der Waals surface area contributed by atoms with E-state index in [0.717, 1.165) is 17.2 Å². The van der Waals surface area contributed by atoms with Crippen molar-refractivity contribution in [3.8, 4) is 0 Å². The molecule has 15 heavy (non-hydrogen) atoms. The molecule has 80 valence electrons. The molecule has 0 amide bonds. The van der Waals surface area contributed by atoms with Crippen LogP contribution in [0.1, 0.15) is 28.5 Å². The predicted molar refractivity (Wildman–Crippen MR) is 64.2 cm³/mol. The summed E-state index contributed by atoms with van der Waals surface area (Å²) in [4.78, 5) is 9.76. The second kappa shape index (κ2) is 4.83. The molecule has 0 aliphatic carbocycles. The van der Waals surface area contributed by atoms with E-state index in [1.165, 1.54) is 4.88 Å². The van der Waals surface area contributed by atoms with Gasteiger partial charge in [0.1, 0.15) is 0 Å². The van der Waals surface area contributed by atoms with Crippen LogP contribution in [-0.4, -0.2) is 9.97 Å². The highest BCUT2D eigenvalue weighted by Crippen LogP contribution is 2.20. The molecule has 2 rings (SSSR count). The molecule has 0 saturated carbocycles. The van der Waals surface area contributed by atoms with E-state index in [9.17, 15) is 0 Å². The van der Waals surface area contributed by atoms with Crippen LogP contribution in [0.2, 0.25) is 0 Å². The number of aromatic nitrogens is 2. The molecule has 2 heterocycles. The summed E-state index contributed by atoms with van der Waals surface area (Å²) in [6.07, 6.45) is 1.94. The molecule has 1 unspecified atom stereocenters. The lowest BCUT2D eigenvalue weighted by Gasteiger charge is -2.09. The predicted octanol–water partition coefficient (Wildman–Crippen LogP) is 2.76. The first-order valence-electron chi connectivity index (χ1n) is 4.78. The number of nitrogens with one attached hydrogen (secondary N) is 1. The van der Waals surface area contributed by atoms with Crippen molar-refractivity contribution >= 4 is 22.7 Å². The van der Waals surface area contributed by atoms with Gasteiger partial charge in [0, 0.05) is 29.0 Å². The van der Waals surface area contributed by atoms with Crippen molar-refractivity contribution in [2.75, 3.05) is 0 Å². The molecule has 0 spiro atoms. The summed E-state index contributed by atoms with van der Waals surface area (Å²) in [5.41, 5.74) is 2.96. The first-order valence-corrected chi connectivity index (χ1v) is 6.54. The first-order chi connectivity index (χ1) is 7.25. The minimum atomic E-state index is 0.345. The Kier molecular flexibility index (Phi) is 3.45. The molecule has 3 nitrogen and oxygen atoms in total. The SMILES string of the molecule is Cc1ncc(C(C)NCc2cscn2)s1. The largest absolute Gasteiger partial charge is 0.304 e. The Morgan fingerprint density at radius 1 is 1.47 bits per heavy atom. The Balaban J connectivity index is 1.90. The third kappa shape index (κ3) is 2.84. The summed E-state index contributed by atoms with van der Waals surface area (Å²) >= 11 is 3.37. The van der Waals surface area contributed by atoms with E-state index in [1.54, 1.807) is 22.7 Å². The number of hydrogen-bond acceptors (Lipinski definition) is 5. The fourth-order valence-corrected chi connectivity index (χ4v) is 2.63. The molecule has 0 fully saturated rings. The number of aryl methyl sites for hydroxylation is 1. The average molecular weight is 239 g/mol. The van der Waals surface area contributed by atoms with Crippen molar-refractivity contribution in [1.29, 1.82) is 0 Å². The van der Waals surface area contributed by atoms with E-state index in [2.05, 4.69) is 27.6 Å². The zero-order chi connectivity index (χ0) is 10.7. The zero-order valence-electron chi connectivity index (χ0n) is 8.73. The van der Waals surface area contributed by atoms with Gasteiger partial charge >= 0.3 is 0 Å². The highest BCUT2D eigenvalue weighted by atomic mass is 32.1. The van der Waals surface area contributed by atoms with Crippen LogP contribution in [0.25, 0.3) is 0 Å². The lowest BCUT2D eigenvalue weighted by molar-refractivity contribution is 0.576. The quantitative estimate of drug-likeness (QED) is 0.891. The van der Waals surface area contributed by atoms with Gasteiger partial charge in [-0.25, -0.2) is 9.97 Å². The fraction of sp³-hybridized carbons (Fsp3) is 0.400. The Hall–Kier alpha value is -0.780. The Morgan fingerprint density at radius 3 is 2.93 bits per heavy atom. The lowest BCUT2D eigenvalue weighted by Crippen LogP contribution is -2.17. The Bertz CT molecular complexity index is 408. The van der Waals surface area contributed by atoms with Gasteiger partial charge in [-0.1, -0.05) is 0 Å². The third-order valence-corrected chi connectivity index (χ3v) is 3.87. The molecule has 0 aliphatic rings. The first kappa shape index (κ1) is 10.7. The summed E-state index contributed by atoms with van der Waals surface area (Å²) in [6, 6.07) is 0.345. The van der Waals surface area contributed by atoms with Gasteiger partial charge in [-0.15, -0.1) is 22.7 Å². The fourth-order valence-electron chi connectivity index (χ4n) is 1.26. The van der Waals surface area contributed by atoms with E-state index in [0.29, 0.717) is 6.04 Å². The highest BCUT2D eigenvalue weighted by molar-refractivity contribution is 7.11. The van der Waals surface area contributed by atoms with Gasteiger partial charge in [0.15, 0.2) is 0 Å². The molecule has 2 aromatic rings. The molecule has 2 aromatic heterocycles. The van der Waals surface area contributed by atoms with Crippen LogP contribution in [0, 0.1) is 6.92 Å². The minimum absolute atomic E-state index is 0.345. The number of nitrogens with zero attached hydrogens (tertiary/aromatic N) is 2. The molecule has 1 N–H and O–H groups in total. The maximum Gasteiger partial charge on any atom is 0.0897 e. The summed E-state index contributed by atoms with van der Waals surface area (Å²) in [5.74, 6) is 0. The summed E-state index contributed by atoms with van der Waals surface area (Å²) in [7, 11) is 0. The lowest BCUT2D eigenvalue weighted by atomic mass is 10.3. The van der Waals surface area contributed by atoms with Crippen molar-refractivity contribution in [1.82, 2.24) is 15.3 Å². The zero-order valence-corrected chi connectivity index (χ0v) is 10.4. The molecule has 1 atom stereocenters. The normalized spacial score (nSPS) is 12.9. The summed E-state index contributed by atoms with van der Waals surface area (Å²) in [5, 5.41) is 6.61. The van der Waals surface area contributed by atoms with Gasteiger partial charge in [0.05, 0.1) is 16.2 Å². The topological polar surface area (TPSA) is 37.8 Å². The molecule has 0 aromatic carbocycles. The molecule has 0 bridgehead atoms. The maximum absolute atomic E-state index is 4.25. The van der Waals surface area contributed by atoms with Crippen molar-refractivity contribution in [2.24, 2.45) is 0 Å². The van der Waals surface area contributed by atoms with Crippen LogP contribution in [0.4, 0.5) is 0 Å². The van der Waals surface area contributed by atoms with Crippen LogP contribution >= 0.6 is 22.7 Å². The number of thiazole rings is 2. The van der Waals surface area contributed by atoms with Crippen molar-refractivity contribution < 1.29 is 0 Å². The van der Waals surface area contributed by atoms with Gasteiger partial charge in [-0.3, -0.25) is 0 Å². The molecule has 0 aliphatic heterocycles. The summed E-state index contributed by atoms with van der Waals surface area (Å²) in [6.45, 7) is 5.00. The Labute approximate surface area is 97.2 Å². The van der Waals surface area contributed by atoms with Gasteiger partial charge in [0.2, 0.25) is 0 Å². The van der Waals surface area contributed by atoms with E-state index in [4.69, 9.17) is 0 Å². The van der Waals surface area contributed by atoms with Crippen molar-refractivity contribution in [2.45, 2.75) is 26.4 Å². The molecule has 0 saturated heterocycles. The van der Waals surface area contributed by atoms with E-state index < -0.39 is 0 Å². The minimum Gasteiger partial charge on any atom is -0.304 e. The maximum atomic E-state index is 4.25. The van der Waals surface area contributed by atoms with Gasteiger partial charge < -0.3 is 5.32 Å². The van der Waals surface area contributed by atoms with E-state index in [-0.39, 0.29) is 0 Å². The highest BCUT2D eigenvalue weighted by Gasteiger charge is 2.08. The standard InChI is InChI=1S/C10H13N3S2/c1-7(10-4-12-8(2)15-10)11-3-9-5-14-6-13-9/h4-7,11H,3H2,1-2H3. The average Bonchev–Trinajstić information content (AvgIpc) is 2.84. The van der Waals surface area contributed by atoms with E-state index in [1.807, 2.05) is 18.6 Å². The second-order valence-corrected chi connectivity index (χ2v) is 5.35. The number of hydrogen-bond donors (Lipinski definition) is 1. The van der Waals surface area contributed by atoms with Gasteiger partial charge in [0.25, 0.3) is 0 Å². The van der Waals surface area contributed by atoms with Crippen LogP contribution < -0.4 is 5.32 Å². The smallest absolute Gasteiger partial charge is 0.0897 e. The van der Waals surface area contributed by atoms with Gasteiger partial charge in [-0.2, -0.15) is 0 Å². The van der Waals surface area contributed by atoms with Crippen LogP contribution in [-0.2, 0) is 6.54 Å². The van der Waals surface area contributed by atoms with Crippen LogP contribution in [0.3, 0.4) is 0 Å². The van der Waals surface area contributed by atoms with Crippen molar-refractivity contribution in [3.05, 3.63) is 32.7 Å². The molecular weight excluding hydrogens is 226 g/mol. The monoisotopic (exact) mass is 239 g/mol. The number of rotatable bonds is 4. The Morgan fingerprint density at radius 2 is 2.33 bits per heavy atom. The van der Waals surface area contributed by atoms with Gasteiger partial charge in [-0.05, 0) is 13.8 Å². The van der Waals surface area contributed by atoms with E-state index >= 15 is 0 Å². The summed E-state index contributed by atoms with van der Waals surface area (Å²) < 4.78 is 0. The molecule has 0 radical (unpaired) electrons. The van der Waals surface area contributed by atoms with Crippen LogP contribution in [0.5, 0.6) is 0 Å². The third-order valence-electron chi connectivity index (χ3n) is 2.14.